The number of anilines is 2. The van der Waals surface area contributed by atoms with Gasteiger partial charge in [-0.05, 0) is 68.2 Å². The fourth-order valence-electron chi connectivity index (χ4n) is 9.43. The fraction of sp³-hybridized carbons (Fsp3) is 0.463. The SMILES string of the molecule is N#Cc1ccc(OC2CCC(NC(=O)c3cnc(N4CC(CN5CC6CN(c7cc8c(cc7F)C(=O)N(C7CCC(=O)NC7=O)C8=O)CC6C5)C4)cn3)CC2)cc1Cl. The van der Waals surface area contributed by atoms with E-state index in [-0.39, 0.29) is 53.4 Å². The van der Waals surface area contributed by atoms with Crippen molar-refractivity contribution in [3.63, 3.8) is 0 Å². The van der Waals surface area contributed by atoms with Gasteiger partial charge in [0, 0.05) is 70.3 Å². The van der Waals surface area contributed by atoms with Crippen LogP contribution in [0.15, 0.2) is 42.7 Å². The van der Waals surface area contributed by atoms with Crippen molar-refractivity contribution >= 4 is 52.6 Å². The number of nitrogens with one attached hydrogen (secondary N) is 2. The van der Waals surface area contributed by atoms with Gasteiger partial charge in [-0.3, -0.25) is 34.2 Å². The zero-order valence-corrected chi connectivity index (χ0v) is 32.3. The van der Waals surface area contributed by atoms with Gasteiger partial charge in [-0.1, -0.05) is 11.6 Å². The molecule has 9 rings (SSSR count). The summed E-state index contributed by atoms with van der Waals surface area (Å²) < 4.78 is 21.6. The van der Waals surface area contributed by atoms with E-state index in [0.717, 1.165) is 75.2 Å². The molecule has 15 nitrogen and oxygen atoms in total. The third-order valence-corrected chi connectivity index (χ3v) is 12.8. The van der Waals surface area contributed by atoms with Gasteiger partial charge in [0.1, 0.15) is 35.2 Å². The highest BCUT2D eigenvalue weighted by atomic mass is 35.5. The Morgan fingerprint density at radius 3 is 2.29 bits per heavy atom. The molecule has 5 fully saturated rings. The number of fused-ring (bicyclic) bond motifs is 2. The summed E-state index contributed by atoms with van der Waals surface area (Å²) in [6.45, 7) is 5.64. The van der Waals surface area contributed by atoms with Crippen molar-refractivity contribution < 1.29 is 33.1 Å². The topological polar surface area (TPSA) is 181 Å². The summed E-state index contributed by atoms with van der Waals surface area (Å²) in [5, 5.41) is 14.7. The van der Waals surface area contributed by atoms with Gasteiger partial charge in [0.15, 0.2) is 0 Å². The summed E-state index contributed by atoms with van der Waals surface area (Å²) in [6.07, 6.45) is 6.34. The number of aromatic nitrogens is 2. The van der Waals surface area contributed by atoms with E-state index in [2.05, 4.69) is 30.4 Å². The maximum Gasteiger partial charge on any atom is 0.271 e. The molecule has 4 saturated heterocycles. The second-order valence-corrected chi connectivity index (χ2v) is 16.7. The molecule has 6 heterocycles. The van der Waals surface area contributed by atoms with Crippen LogP contribution in [0.25, 0.3) is 0 Å². The van der Waals surface area contributed by atoms with Gasteiger partial charge in [-0.15, -0.1) is 0 Å². The third kappa shape index (κ3) is 7.21. The van der Waals surface area contributed by atoms with E-state index in [4.69, 9.17) is 21.6 Å². The molecule has 1 aromatic heterocycles. The Kier molecular flexibility index (Phi) is 9.97. The molecule has 3 atom stereocenters. The van der Waals surface area contributed by atoms with E-state index in [1.165, 1.54) is 12.3 Å². The van der Waals surface area contributed by atoms with Crippen LogP contribution in [0, 0.1) is 34.9 Å². The number of carbonyl (C=O) groups is 5. The number of likely N-dealkylation sites (tertiary alicyclic amines) is 1. The number of nitriles is 1. The van der Waals surface area contributed by atoms with Crippen LogP contribution in [-0.4, -0.2) is 113 Å². The Morgan fingerprint density at radius 1 is 0.914 bits per heavy atom. The van der Waals surface area contributed by atoms with Crippen LogP contribution in [-0.2, 0) is 9.59 Å². The lowest BCUT2D eigenvalue weighted by Gasteiger charge is -2.41. The number of piperidine rings is 1. The molecular weight excluding hydrogens is 769 g/mol. The van der Waals surface area contributed by atoms with E-state index in [1.807, 2.05) is 11.0 Å². The minimum Gasteiger partial charge on any atom is -0.490 e. The molecule has 5 amide bonds. The van der Waals surface area contributed by atoms with E-state index in [9.17, 15) is 24.0 Å². The first kappa shape index (κ1) is 37.9. The molecule has 2 aromatic carbocycles. The maximum atomic E-state index is 15.5. The molecule has 0 radical (unpaired) electrons. The molecule has 58 heavy (non-hydrogen) atoms. The number of imide groups is 2. The number of carbonyl (C=O) groups excluding carboxylic acids is 5. The summed E-state index contributed by atoms with van der Waals surface area (Å²) in [6, 6.07) is 8.56. The van der Waals surface area contributed by atoms with Crippen molar-refractivity contribution in [2.45, 2.75) is 56.7 Å². The first-order chi connectivity index (χ1) is 28.0. The number of benzene rings is 2. The van der Waals surface area contributed by atoms with Gasteiger partial charge in [0.25, 0.3) is 17.7 Å². The van der Waals surface area contributed by atoms with Crippen molar-refractivity contribution in [3.05, 3.63) is 75.9 Å². The molecule has 0 spiro atoms. The number of hydrogen-bond donors (Lipinski definition) is 2. The lowest BCUT2D eigenvalue weighted by atomic mass is 9.93. The number of amides is 5. The predicted molar refractivity (Wildman–Crippen MR) is 207 cm³/mol. The first-order valence-electron chi connectivity index (χ1n) is 19.8. The van der Waals surface area contributed by atoms with E-state index >= 15 is 4.39 Å². The smallest absolute Gasteiger partial charge is 0.271 e. The molecule has 5 aliphatic heterocycles. The number of ether oxygens (including phenoxy) is 1. The average Bonchev–Trinajstić information content (AvgIpc) is 3.83. The molecule has 6 aliphatic rings. The van der Waals surface area contributed by atoms with Crippen LogP contribution < -0.4 is 25.2 Å². The molecule has 3 aromatic rings. The Morgan fingerprint density at radius 2 is 1.64 bits per heavy atom. The second kappa shape index (κ2) is 15.3. The monoisotopic (exact) mass is 809 g/mol. The summed E-state index contributed by atoms with van der Waals surface area (Å²) in [4.78, 5) is 79.9. The number of nitrogens with zero attached hydrogens (tertiary/aromatic N) is 7. The Balaban J connectivity index is 0.711. The summed E-state index contributed by atoms with van der Waals surface area (Å²) >= 11 is 6.14. The fourth-order valence-corrected chi connectivity index (χ4v) is 9.65. The molecule has 1 aliphatic carbocycles. The summed E-state index contributed by atoms with van der Waals surface area (Å²) in [5.41, 5.74) is 0.985. The Bertz CT molecular complexity index is 2230. The Hall–Kier alpha value is -5.66. The minimum atomic E-state index is -1.10. The first-order valence-corrected chi connectivity index (χ1v) is 20.2. The Labute approximate surface area is 338 Å². The molecule has 2 N–H and O–H groups in total. The highest BCUT2D eigenvalue weighted by Gasteiger charge is 2.47. The number of rotatable bonds is 9. The van der Waals surface area contributed by atoms with Crippen molar-refractivity contribution in [1.29, 1.82) is 5.26 Å². The number of halogens is 2. The quantitative estimate of drug-likeness (QED) is 0.302. The third-order valence-electron chi connectivity index (χ3n) is 12.5. The van der Waals surface area contributed by atoms with Crippen LogP contribution in [0.3, 0.4) is 0 Å². The lowest BCUT2D eigenvalue weighted by molar-refractivity contribution is -0.136. The lowest BCUT2D eigenvalue weighted by Crippen LogP contribution is -2.54. The van der Waals surface area contributed by atoms with Crippen LogP contribution in [0.2, 0.25) is 5.02 Å². The normalized spacial score (nSPS) is 25.9. The maximum absolute atomic E-state index is 15.5. The van der Waals surface area contributed by atoms with Gasteiger partial charge in [0.05, 0.1) is 45.9 Å². The highest BCUT2D eigenvalue weighted by molar-refractivity contribution is 6.31. The molecule has 17 heteroatoms. The van der Waals surface area contributed by atoms with Gasteiger partial charge in [0.2, 0.25) is 11.8 Å². The molecule has 3 unspecified atom stereocenters. The van der Waals surface area contributed by atoms with Crippen molar-refractivity contribution in [2.75, 3.05) is 55.6 Å². The molecule has 1 saturated carbocycles. The van der Waals surface area contributed by atoms with E-state index < -0.39 is 35.5 Å². The van der Waals surface area contributed by atoms with Crippen molar-refractivity contribution in [1.82, 2.24) is 30.4 Å². The van der Waals surface area contributed by atoms with Crippen molar-refractivity contribution in [2.24, 2.45) is 17.8 Å². The van der Waals surface area contributed by atoms with Crippen molar-refractivity contribution in [3.8, 4) is 11.8 Å². The molecular formula is C41H41ClFN9O6. The molecule has 0 bridgehead atoms. The molecule has 300 valence electrons. The van der Waals surface area contributed by atoms with Crippen LogP contribution >= 0.6 is 11.6 Å². The van der Waals surface area contributed by atoms with Crippen LogP contribution in [0.5, 0.6) is 5.75 Å². The zero-order valence-electron chi connectivity index (χ0n) is 31.5. The zero-order chi connectivity index (χ0) is 40.2. The predicted octanol–water partition coefficient (Wildman–Crippen LogP) is 3.17. The van der Waals surface area contributed by atoms with Gasteiger partial charge in [-0.25, -0.2) is 14.4 Å². The minimum absolute atomic E-state index is 0.00664. The highest BCUT2D eigenvalue weighted by Crippen LogP contribution is 2.39. The standard InChI is InChI=1S/C41H41ClFN9O6/c42-31-9-28(4-1-23(31)12-44)58-27-5-2-26(3-6-27)47-38(54)33-13-46-36(14-45-33)51-16-22(17-51)15-49-18-24-20-50(21-25(24)19-49)35-11-30-29(10-32(35)43)40(56)52(41(30)57)34-7-8-37(53)48-39(34)55/h1,4,9-11,13-14,22,24-27,34H,2-3,5-8,15-21H2,(H,47,54)(H,48,53,55). The number of hydrogen-bond acceptors (Lipinski definition) is 12. The second-order valence-electron chi connectivity index (χ2n) is 16.3. The average molecular weight is 810 g/mol. The summed E-state index contributed by atoms with van der Waals surface area (Å²) in [5.74, 6) is -0.853. The van der Waals surface area contributed by atoms with E-state index in [1.54, 1.807) is 24.4 Å². The van der Waals surface area contributed by atoms with Crippen LogP contribution in [0.1, 0.15) is 75.3 Å². The van der Waals surface area contributed by atoms with Crippen LogP contribution in [0.4, 0.5) is 15.9 Å². The van der Waals surface area contributed by atoms with Gasteiger partial charge < -0.3 is 24.8 Å². The van der Waals surface area contributed by atoms with Gasteiger partial charge >= 0.3 is 0 Å². The summed E-state index contributed by atoms with van der Waals surface area (Å²) in [7, 11) is 0. The van der Waals surface area contributed by atoms with Gasteiger partial charge in [-0.2, -0.15) is 5.26 Å². The largest absolute Gasteiger partial charge is 0.490 e. The van der Waals surface area contributed by atoms with E-state index in [0.29, 0.717) is 47.2 Å².